The minimum absolute atomic E-state index is 0.0840. The van der Waals surface area contributed by atoms with Gasteiger partial charge in [0.15, 0.2) is 5.82 Å². The molecule has 0 spiro atoms. The lowest BCUT2D eigenvalue weighted by Gasteiger charge is -2.24. The number of amides is 2. The highest BCUT2D eigenvalue weighted by atomic mass is 32.1. The Labute approximate surface area is 146 Å². The fourth-order valence-electron chi connectivity index (χ4n) is 3.22. The molecule has 0 aromatic carbocycles. The van der Waals surface area contributed by atoms with E-state index in [4.69, 9.17) is 0 Å². The standard InChI is InChI=1S/C17H25N5OS/c1-13-8-9-15(24-13)11-21(2)17(23)18-10-16-20-19-12-22(16)14-6-4-3-5-7-14/h8-9,12,14H,3-7,10-11H2,1-2H3,(H,18,23). The third kappa shape index (κ3) is 4.14. The van der Waals surface area contributed by atoms with Crippen molar-refractivity contribution in [2.24, 2.45) is 0 Å². The summed E-state index contributed by atoms with van der Waals surface area (Å²) in [5, 5.41) is 11.2. The van der Waals surface area contributed by atoms with Crippen molar-refractivity contribution in [3.8, 4) is 0 Å². The number of rotatable bonds is 5. The Morgan fingerprint density at radius 2 is 2.17 bits per heavy atom. The van der Waals surface area contributed by atoms with Crippen LogP contribution in [0.25, 0.3) is 0 Å². The van der Waals surface area contributed by atoms with Crippen LogP contribution in [0.4, 0.5) is 4.79 Å². The van der Waals surface area contributed by atoms with Gasteiger partial charge in [0.05, 0.1) is 13.1 Å². The van der Waals surface area contributed by atoms with E-state index in [2.05, 4.69) is 39.1 Å². The van der Waals surface area contributed by atoms with Crippen LogP contribution in [0, 0.1) is 6.92 Å². The van der Waals surface area contributed by atoms with Gasteiger partial charge in [-0.05, 0) is 31.9 Å². The van der Waals surface area contributed by atoms with Crippen LogP contribution in [0.5, 0.6) is 0 Å². The number of nitrogens with one attached hydrogen (secondary N) is 1. The predicted octanol–water partition coefficient (Wildman–Crippen LogP) is 3.49. The second-order valence-corrected chi connectivity index (χ2v) is 7.85. The van der Waals surface area contributed by atoms with Crippen LogP contribution in [0.1, 0.15) is 53.7 Å². The lowest BCUT2D eigenvalue weighted by molar-refractivity contribution is 0.206. The number of nitrogens with zero attached hydrogens (tertiary/aromatic N) is 4. The van der Waals surface area contributed by atoms with Crippen molar-refractivity contribution < 1.29 is 4.79 Å². The van der Waals surface area contributed by atoms with Gasteiger partial charge in [-0.3, -0.25) is 0 Å². The van der Waals surface area contributed by atoms with Gasteiger partial charge in [0.2, 0.25) is 0 Å². The second kappa shape index (κ2) is 7.79. The summed E-state index contributed by atoms with van der Waals surface area (Å²) in [6.07, 6.45) is 8.00. The molecular formula is C17H25N5OS. The Morgan fingerprint density at radius 1 is 1.38 bits per heavy atom. The zero-order chi connectivity index (χ0) is 16.9. The average molecular weight is 347 g/mol. The molecule has 1 aliphatic rings. The lowest BCUT2D eigenvalue weighted by Crippen LogP contribution is -2.37. The first-order valence-corrected chi connectivity index (χ1v) is 9.38. The number of carbonyl (C=O) groups excluding carboxylic acids is 1. The highest BCUT2D eigenvalue weighted by Gasteiger charge is 2.19. The van der Waals surface area contributed by atoms with Gasteiger partial charge in [0.1, 0.15) is 6.33 Å². The van der Waals surface area contributed by atoms with Crippen molar-refractivity contribution in [1.29, 1.82) is 0 Å². The number of urea groups is 1. The van der Waals surface area contributed by atoms with Crippen LogP contribution >= 0.6 is 11.3 Å². The SMILES string of the molecule is Cc1ccc(CN(C)C(=O)NCc2nncn2C2CCCCC2)s1. The summed E-state index contributed by atoms with van der Waals surface area (Å²) in [5.41, 5.74) is 0. The summed E-state index contributed by atoms with van der Waals surface area (Å²) in [6, 6.07) is 4.55. The Kier molecular flexibility index (Phi) is 5.50. The smallest absolute Gasteiger partial charge is 0.317 e. The molecule has 0 radical (unpaired) electrons. The quantitative estimate of drug-likeness (QED) is 0.900. The number of thiophene rings is 1. The van der Waals surface area contributed by atoms with E-state index in [1.54, 1.807) is 22.6 Å². The van der Waals surface area contributed by atoms with E-state index in [0.29, 0.717) is 19.1 Å². The molecule has 0 bridgehead atoms. The van der Waals surface area contributed by atoms with Crippen LogP contribution in [-0.4, -0.2) is 32.7 Å². The van der Waals surface area contributed by atoms with E-state index in [-0.39, 0.29) is 6.03 Å². The molecule has 1 saturated carbocycles. The number of aromatic nitrogens is 3. The molecule has 2 amide bonds. The molecule has 1 aliphatic carbocycles. The summed E-state index contributed by atoms with van der Waals surface area (Å²) in [5.74, 6) is 0.843. The minimum Gasteiger partial charge on any atom is -0.331 e. The first kappa shape index (κ1) is 17.0. The summed E-state index contributed by atoms with van der Waals surface area (Å²) in [6.45, 7) is 3.12. The predicted molar refractivity (Wildman–Crippen MR) is 94.9 cm³/mol. The van der Waals surface area contributed by atoms with Crippen molar-refractivity contribution in [1.82, 2.24) is 25.0 Å². The van der Waals surface area contributed by atoms with Gasteiger partial charge in [0.25, 0.3) is 0 Å². The van der Waals surface area contributed by atoms with Gasteiger partial charge in [-0.2, -0.15) is 0 Å². The molecule has 2 heterocycles. The number of hydrogen-bond acceptors (Lipinski definition) is 4. The molecule has 6 nitrogen and oxygen atoms in total. The lowest BCUT2D eigenvalue weighted by atomic mass is 9.95. The zero-order valence-electron chi connectivity index (χ0n) is 14.4. The monoisotopic (exact) mass is 347 g/mol. The fraction of sp³-hybridized carbons (Fsp3) is 0.588. The minimum atomic E-state index is -0.0840. The molecule has 0 unspecified atom stereocenters. The molecule has 0 aliphatic heterocycles. The number of hydrogen-bond donors (Lipinski definition) is 1. The summed E-state index contributed by atoms with van der Waals surface area (Å²) < 4.78 is 2.14. The Hall–Kier alpha value is -1.89. The van der Waals surface area contributed by atoms with E-state index >= 15 is 0 Å². The molecule has 130 valence electrons. The molecule has 2 aromatic heterocycles. The van der Waals surface area contributed by atoms with Gasteiger partial charge < -0.3 is 14.8 Å². The van der Waals surface area contributed by atoms with Crippen molar-refractivity contribution >= 4 is 17.4 Å². The van der Waals surface area contributed by atoms with Gasteiger partial charge >= 0.3 is 6.03 Å². The van der Waals surface area contributed by atoms with Crippen molar-refractivity contribution in [2.45, 2.75) is 58.2 Å². The molecule has 1 fully saturated rings. The van der Waals surface area contributed by atoms with Crippen LogP contribution in [0.2, 0.25) is 0 Å². The van der Waals surface area contributed by atoms with Crippen LogP contribution < -0.4 is 5.32 Å². The third-order valence-corrected chi connectivity index (χ3v) is 5.53. The third-order valence-electron chi connectivity index (χ3n) is 4.55. The van der Waals surface area contributed by atoms with E-state index < -0.39 is 0 Å². The zero-order valence-corrected chi connectivity index (χ0v) is 15.2. The van der Waals surface area contributed by atoms with E-state index in [1.807, 2.05) is 7.05 Å². The summed E-state index contributed by atoms with van der Waals surface area (Å²) >= 11 is 1.72. The Morgan fingerprint density at radius 3 is 2.88 bits per heavy atom. The largest absolute Gasteiger partial charge is 0.331 e. The maximum absolute atomic E-state index is 12.3. The molecule has 0 saturated heterocycles. The highest BCUT2D eigenvalue weighted by molar-refractivity contribution is 7.11. The molecule has 24 heavy (non-hydrogen) atoms. The van der Waals surface area contributed by atoms with E-state index in [1.165, 1.54) is 41.9 Å². The average Bonchev–Trinajstić information content (AvgIpc) is 3.22. The number of carbonyl (C=O) groups is 1. The van der Waals surface area contributed by atoms with E-state index in [0.717, 1.165) is 5.82 Å². The molecule has 1 N–H and O–H groups in total. The van der Waals surface area contributed by atoms with Gasteiger partial charge in [-0.15, -0.1) is 21.5 Å². The first-order valence-electron chi connectivity index (χ1n) is 8.56. The molecule has 2 aromatic rings. The van der Waals surface area contributed by atoms with Crippen LogP contribution in [-0.2, 0) is 13.1 Å². The molecular weight excluding hydrogens is 322 g/mol. The highest BCUT2D eigenvalue weighted by Crippen LogP contribution is 2.28. The van der Waals surface area contributed by atoms with Crippen molar-refractivity contribution in [3.63, 3.8) is 0 Å². The van der Waals surface area contributed by atoms with Crippen LogP contribution in [0.3, 0.4) is 0 Å². The first-order chi connectivity index (χ1) is 11.6. The van der Waals surface area contributed by atoms with E-state index in [9.17, 15) is 4.79 Å². The van der Waals surface area contributed by atoms with Crippen molar-refractivity contribution in [2.75, 3.05) is 7.05 Å². The molecule has 7 heteroatoms. The Balaban J connectivity index is 1.53. The van der Waals surface area contributed by atoms with Gasteiger partial charge in [0, 0.05) is 22.8 Å². The molecule has 3 rings (SSSR count). The topological polar surface area (TPSA) is 63.1 Å². The molecule has 0 atom stereocenters. The second-order valence-electron chi connectivity index (χ2n) is 6.47. The Bertz CT molecular complexity index is 674. The normalized spacial score (nSPS) is 15.4. The summed E-state index contributed by atoms with van der Waals surface area (Å²) in [4.78, 5) is 16.5. The van der Waals surface area contributed by atoms with Gasteiger partial charge in [-0.1, -0.05) is 19.3 Å². The van der Waals surface area contributed by atoms with Gasteiger partial charge in [-0.25, -0.2) is 4.79 Å². The van der Waals surface area contributed by atoms with Crippen LogP contribution in [0.15, 0.2) is 18.5 Å². The van der Waals surface area contributed by atoms with Crippen molar-refractivity contribution in [3.05, 3.63) is 34.0 Å². The maximum atomic E-state index is 12.3. The number of aryl methyl sites for hydroxylation is 1. The maximum Gasteiger partial charge on any atom is 0.317 e. The summed E-state index contributed by atoms with van der Waals surface area (Å²) in [7, 11) is 1.82. The fourth-order valence-corrected chi connectivity index (χ4v) is 4.17.